The van der Waals surface area contributed by atoms with Gasteiger partial charge in [0.05, 0.1) is 11.0 Å². The Bertz CT molecular complexity index is 1310. The van der Waals surface area contributed by atoms with E-state index in [0.29, 0.717) is 28.5 Å². The maximum atomic E-state index is 12.3. The fourth-order valence-corrected chi connectivity index (χ4v) is 3.06. The van der Waals surface area contributed by atoms with Gasteiger partial charge in [0, 0.05) is 11.3 Å². The van der Waals surface area contributed by atoms with Crippen LogP contribution in [0.3, 0.4) is 0 Å². The second kappa shape index (κ2) is 7.05. The molecular weight excluding hydrogens is 366 g/mol. The number of hydrogen-bond donors (Lipinski definition) is 1. The topological polar surface area (TPSA) is 81.4 Å². The van der Waals surface area contributed by atoms with E-state index in [1.54, 1.807) is 42.7 Å². The van der Waals surface area contributed by atoms with Gasteiger partial charge in [-0.1, -0.05) is 30.3 Å². The first-order chi connectivity index (χ1) is 14.3. The number of fused-ring (bicyclic) bond motifs is 3. The summed E-state index contributed by atoms with van der Waals surface area (Å²) >= 11 is 0. The maximum absolute atomic E-state index is 12.3. The predicted molar refractivity (Wildman–Crippen MR) is 109 cm³/mol. The quantitative estimate of drug-likeness (QED) is 0.501. The van der Waals surface area contributed by atoms with Crippen LogP contribution in [-0.4, -0.2) is 25.5 Å². The molecule has 0 saturated heterocycles. The molecule has 2 aromatic heterocycles. The summed E-state index contributed by atoms with van der Waals surface area (Å²) in [6.45, 7) is 0. The SMILES string of the molecule is O=C(Nc1ccc(Oc2nc3ccccc3n3cnnc23)cc1)c1ccccc1. The lowest BCUT2D eigenvalue weighted by molar-refractivity contribution is 0.102. The van der Waals surface area contributed by atoms with Gasteiger partial charge in [-0.15, -0.1) is 10.2 Å². The van der Waals surface area contributed by atoms with Crippen LogP contribution in [0.15, 0.2) is 85.2 Å². The highest BCUT2D eigenvalue weighted by Crippen LogP contribution is 2.27. The number of para-hydroxylation sites is 2. The number of benzene rings is 3. The van der Waals surface area contributed by atoms with Gasteiger partial charge in [0.25, 0.3) is 11.8 Å². The van der Waals surface area contributed by atoms with Crippen molar-refractivity contribution >= 4 is 28.3 Å². The van der Waals surface area contributed by atoms with E-state index in [0.717, 1.165) is 11.0 Å². The number of hydrogen-bond acceptors (Lipinski definition) is 5. The summed E-state index contributed by atoms with van der Waals surface area (Å²) in [7, 11) is 0. The lowest BCUT2D eigenvalue weighted by Gasteiger charge is -2.09. The Balaban J connectivity index is 1.40. The molecule has 140 valence electrons. The molecule has 0 atom stereocenters. The smallest absolute Gasteiger partial charge is 0.266 e. The minimum Gasteiger partial charge on any atom is -0.436 e. The molecule has 0 aliphatic heterocycles. The third kappa shape index (κ3) is 3.25. The molecule has 0 aliphatic carbocycles. The van der Waals surface area contributed by atoms with Gasteiger partial charge in [-0.05, 0) is 48.5 Å². The van der Waals surface area contributed by atoms with Crippen molar-refractivity contribution in [1.29, 1.82) is 0 Å². The normalized spacial score (nSPS) is 10.9. The van der Waals surface area contributed by atoms with Gasteiger partial charge in [-0.2, -0.15) is 0 Å². The fraction of sp³-hybridized carbons (Fsp3) is 0. The van der Waals surface area contributed by atoms with Crippen molar-refractivity contribution in [3.8, 4) is 11.6 Å². The molecular formula is C22H15N5O2. The monoisotopic (exact) mass is 381 g/mol. The summed E-state index contributed by atoms with van der Waals surface area (Å²) in [4.78, 5) is 16.8. The van der Waals surface area contributed by atoms with Crippen LogP contribution in [0.1, 0.15) is 10.4 Å². The van der Waals surface area contributed by atoms with Crippen LogP contribution in [0.25, 0.3) is 16.7 Å². The molecule has 0 radical (unpaired) electrons. The first kappa shape index (κ1) is 16.9. The molecule has 7 nitrogen and oxygen atoms in total. The number of aromatic nitrogens is 4. The Morgan fingerprint density at radius 2 is 1.66 bits per heavy atom. The summed E-state index contributed by atoms with van der Waals surface area (Å²) in [5.74, 6) is 0.776. The van der Waals surface area contributed by atoms with E-state index < -0.39 is 0 Å². The van der Waals surface area contributed by atoms with Crippen molar-refractivity contribution in [2.75, 3.05) is 5.32 Å². The third-order valence-electron chi connectivity index (χ3n) is 4.46. The van der Waals surface area contributed by atoms with E-state index in [2.05, 4.69) is 20.5 Å². The van der Waals surface area contributed by atoms with E-state index in [1.165, 1.54) is 0 Å². The lowest BCUT2D eigenvalue weighted by atomic mass is 10.2. The minimum atomic E-state index is -0.166. The van der Waals surface area contributed by atoms with E-state index >= 15 is 0 Å². The largest absolute Gasteiger partial charge is 0.436 e. The van der Waals surface area contributed by atoms with Gasteiger partial charge < -0.3 is 10.1 Å². The molecule has 5 rings (SSSR count). The van der Waals surface area contributed by atoms with Gasteiger partial charge in [-0.3, -0.25) is 9.20 Å². The molecule has 3 aromatic carbocycles. The second-order valence-corrected chi connectivity index (χ2v) is 6.38. The van der Waals surface area contributed by atoms with Gasteiger partial charge in [-0.25, -0.2) is 4.98 Å². The van der Waals surface area contributed by atoms with E-state index in [1.807, 2.05) is 46.9 Å². The highest BCUT2D eigenvalue weighted by molar-refractivity contribution is 6.04. The molecule has 0 fully saturated rings. The Morgan fingerprint density at radius 1 is 0.897 bits per heavy atom. The summed E-state index contributed by atoms with van der Waals surface area (Å²) in [6, 6.07) is 23.9. The standard InChI is InChI=1S/C22H15N5O2/c28-21(15-6-2-1-3-7-15)24-16-10-12-17(13-11-16)29-22-20-26-23-14-27(20)19-9-5-4-8-18(19)25-22/h1-14H,(H,24,28). The van der Waals surface area contributed by atoms with Gasteiger partial charge in [0.2, 0.25) is 5.65 Å². The number of nitrogens with one attached hydrogen (secondary N) is 1. The number of amides is 1. The zero-order valence-corrected chi connectivity index (χ0v) is 15.2. The van der Waals surface area contributed by atoms with Crippen molar-refractivity contribution in [2.24, 2.45) is 0 Å². The average molecular weight is 381 g/mol. The van der Waals surface area contributed by atoms with Crippen molar-refractivity contribution in [1.82, 2.24) is 19.6 Å². The second-order valence-electron chi connectivity index (χ2n) is 6.38. The molecule has 1 amide bonds. The minimum absolute atomic E-state index is 0.166. The zero-order chi connectivity index (χ0) is 19.6. The van der Waals surface area contributed by atoms with E-state index in [-0.39, 0.29) is 5.91 Å². The Hall–Kier alpha value is -4.26. The molecule has 2 heterocycles. The van der Waals surface area contributed by atoms with Gasteiger partial charge in [0.1, 0.15) is 12.1 Å². The molecule has 29 heavy (non-hydrogen) atoms. The molecule has 0 spiro atoms. The molecule has 7 heteroatoms. The summed E-state index contributed by atoms with van der Waals surface area (Å²) in [5, 5.41) is 11.0. The highest BCUT2D eigenvalue weighted by Gasteiger charge is 2.12. The van der Waals surface area contributed by atoms with Crippen LogP contribution in [0.5, 0.6) is 11.6 Å². The van der Waals surface area contributed by atoms with Crippen LogP contribution in [0.2, 0.25) is 0 Å². The van der Waals surface area contributed by atoms with Crippen molar-refractivity contribution in [3.05, 3.63) is 90.8 Å². The average Bonchev–Trinajstić information content (AvgIpc) is 3.26. The van der Waals surface area contributed by atoms with Crippen LogP contribution in [-0.2, 0) is 0 Å². The fourth-order valence-electron chi connectivity index (χ4n) is 3.06. The number of anilines is 1. The van der Waals surface area contributed by atoms with Gasteiger partial charge >= 0.3 is 0 Å². The Morgan fingerprint density at radius 3 is 2.48 bits per heavy atom. The Labute approximate surface area is 165 Å². The molecule has 0 saturated carbocycles. The van der Waals surface area contributed by atoms with E-state index in [4.69, 9.17) is 4.74 Å². The summed E-state index contributed by atoms with van der Waals surface area (Å²) < 4.78 is 7.79. The number of rotatable bonds is 4. The zero-order valence-electron chi connectivity index (χ0n) is 15.2. The molecule has 0 unspecified atom stereocenters. The van der Waals surface area contributed by atoms with E-state index in [9.17, 15) is 4.79 Å². The molecule has 0 bridgehead atoms. The third-order valence-corrected chi connectivity index (χ3v) is 4.46. The Kier molecular flexibility index (Phi) is 4.10. The van der Waals surface area contributed by atoms with Crippen molar-refractivity contribution in [2.45, 2.75) is 0 Å². The van der Waals surface area contributed by atoms with Crippen LogP contribution >= 0.6 is 0 Å². The summed E-state index contributed by atoms with van der Waals surface area (Å²) in [6.07, 6.45) is 1.63. The molecule has 0 aliphatic rings. The highest BCUT2D eigenvalue weighted by atomic mass is 16.5. The number of ether oxygens (including phenoxy) is 1. The number of nitrogens with zero attached hydrogens (tertiary/aromatic N) is 4. The van der Waals surface area contributed by atoms with Crippen molar-refractivity contribution in [3.63, 3.8) is 0 Å². The van der Waals surface area contributed by atoms with Gasteiger partial charge in [0.15, 0.2) is 0 Å². The lowest BCUT2D eigenvalue weighted by Crippen LogP contribution is -2.11. The predicted octanol–water partition coefficient (Wildman–Crippen LogP) is 4.32. The number of carbonyl (C=O) groups is 1. The van der Waals surface area contributed by atoms with Crippen LogP contribution in [0, 0.1) is 0 Å². The first-order valence-corrected chi connectivity index (χ1v) is 9.01. The molecule has 5 aromatic rings. The first-order valence-electron chi connectivity index (χ1n) is 9.01. The maximum Gasteiger partial charge on any atom is 0.266 e. The van der Waals surface area contributed by atoms with Crippen LogP contribution < -0.4 is 10.1 Å². The molecule has 1 N–H and O–H groups in total. The van der Waals surface area contributed by atoms with Crippen LogP contribution in [0.4, 0.5) is 5.69 Å². The number of carbonyl (C=O) groups excluding carboxylic acids is 1. The summed E-state index contributed by atoms with van der Waals surface area (Å²) in [5.41, 5.74) is 3.48. The van der Waals surface area contributed by atoms with Crippen molar-refractivity contribution < 1.29 is 9.53 Å².